The van der Waals surface area contributed by atoms with Crippen molar-refractivity contribution < 1.29 is 9.53 Å². The van der Waals surface area contributed by atoms with Gasteiger partial charge in [0, 0.05) is 18.7 Å². The fraction of sp³-hybridized carbons (Fsp3) is 0.500. The fourth-order valence-electron chi connectivity index (χ4n) is 1.65. The molecule has 0 spiro atoms. The number of hydrogen-bond acceptors (Lipinski definition) is 4. The van der Waals surface area contributed by atoms with E-state index in [0.29, 0.717) is 30.2 Å². The Morgan fingerprint density at radius 1 is 1.42 bits per heavy atom. The van der Waals surface area contributed by atoms with Crippen LogP contribution in [0.3, 0.4) is 0 Å². The van der Waals surface area contributed by atoms with E-state index in [2.05, 4.69) is 10.2 Å². The summed E-state index contributed by atoms with van der Waals surface area (Å²) in [6.45, 7) is 4.06. The highest BCUT2D eigenvalue weighted by Crippen LogP contribution is 2.22. The summed E-state index contributed by atoms with van der Waals surface area (Å²) < 4.78 is 5.60. The molecule has 0 heterocycles. The lowest BCUT2D eigenvalue weighted by Crippen LogP contribution is -2.22. The van der Waals surface area contributed by atoms with Crippen LogP contribution in [-0.2, 0) is 0 Å². The van der Waals surface area contributed by atoms with Gasteiger partial charge in [0.05, 0.1) is 12.3 Å². The molecule has 0 saturated heterocycles. The van der Waals surface area contributed by atoms with Gasteiger partial charge in [0.15, 0.2) is 0 Å². The molecule has 5 heteroatoms. The minimum atomic E-state index is -0.117. The molecule has 0 bridgehead atoms. The summed E-state index contributed by atoms with van der Waals surface area (Å²) in [5.74, 6) is 0.514. The van der Waals surface area contributed by atoms with Crippen molar-refractivity contribution in [2.45, 2.75) is 13.3 Å². The zero-order chi connectivity index (χ0) is 14.3. The Balaban J connectivity index is 2.55. The number of nitrogens with zero attached hydrogens (tertiary/aromatic N) is 1. The number of nitrogen functional groups attached to an aromatic ring is 1. The number of nitrogens with two attached hydrogens (primary N) is 1. The van der Waals surface area contributed by atoms with Gasteiger partial charge in [0.2, 0.25) is 0 Å². The van der Waals surface area contributed by atoms with Crippen LogP contribution in [0.25, 0.3) is 0 Å². The van der Waals surface area contributed by atoms with Crippen molar-refractivity contribution in [2.24, 2.45) is 0 Å². The average molecular weight is 265 g/mol. The smallest absolute Gasteiger partial charge is 0.251 e. The first-order valence-corrected chi connectivity index (χ1v) is 6.49. The molecule has 0 aliphatic rings. The molecule has 1 rings (SSSR count). The van der Waals surface area contributed by atoms with Crippen molar-refractivity contribution in [1.29, 1.82) is 0 Å². The minimum absolute atomic E-state index is 0.117. The van der Waals surface area contributed by atoms with Gasteiger partial charge in [-0.15, -0.1) is 0 Å². The predicted octanol–water partition coefficient (Wildman–Crippen LogP) is 1.35. The molecule has 1 aromatic rings. The number of benzene rings is 1. The molecular weight excluding hydrogens is 242 g/mol. The number of hydrogen-bond donors (Lipinski definition) is 2. The molecular formula is C14H23N3O2. The monoisotopic (exact) mass is 265 g/mol. The van der Waals surface area contributed by atoms with Gasteiger partial charge in [-0.25, -0.2) is 0 Å². The van der Waals surface area contributed by atoms with E-state index in [1.54, 1.807) is 18.2 Å². The Morgan fingerprint density at radius 2 is 2.16 bits per heavy atom. The Labute approximate surface area is 114 Å². The van der Waals surface area contributed by atoms with Crippen LogP contribution in [0.4, 0.5) is 5.69 Å². The third-order valence-corrected chi connectivity index (χ3v) is 2.62. The molecule has 0 radical (unpaired) electrons. The number of carbonyl (C=O) groups is 1. The van der Waals surface area contributed by atoms with Gasteiger partial charge in [-0.3, -0.25) is 4.79 Å². The molecule has 0 unspecified atom stereocenters. The van der Waals surface area contributed by atoms with E-state index in [0.717, 1.165) is 13.0 Å². The Kier molecular flexibility index (Phi) is 6.15. The highest BCUT2D eigenvalue weighted by molar-refractivity contribution is 5.95. The van der Waals surface area contributed by atoms with Crippen molar-refractivity contribution in [3.63, 3.8) is 0 Å². The van der Waals surface area contributed by atoms with Crippen molar-refractivity contribution in [3.05, 3.63) is 23.8 Å². The van der Waals surface area contributed by atoms with Crippen molar-refractivity contribution in [2.75, 3.05) is 39.5 Å². The summed E-state index contributed by atoms with van der Waals surface area (Å²) in [5, 5.41) is 2.73. The summed E-state index contributed by atoms with van der Waals surface area (Å²) in [6, 6.07) is 5.12. The lowest BCUT2D eigenvalue weighted by Gasteiger charge is -2.12. The van der Waals surface area contributed by atoms with E-state index < -0.39 is 0 Å². The first-order chi connectivity index (χ1) is 9.04. The van der Waals surface area contributed by atoms with Crippen molar-refractivity contribution in [3.8, 4) is 5.75 Å². The van der Waals surface area contributed by atoms with Crippen LogP contribution in [0.15, 0.2) is 18.2 Å². The molecule has 1 amide bonds. The van der Waals surface area contributed by atoms with Gasteiger partial charge in [-0.05, 0) is 45.6 Å². The van der Waals surface area contributed by atoms with E-state index in [4.69, 9.17) is 10.5 Å². The predicted molar refractivity (Wildman–Crippen MR) is 77.5 cm³/mol. The topological polar surface area (TPSA) is 67.6 Å². The largest absolute Gasteiger partial charge is 0.491 e. The number of rotatable bonds is 7. The normalized spacial score (nSPS) is 10.5. The zero-order valence-electron chi connectivity index (χ0n) is 11.9. The molecule has 19 heavy (non-hydrogen) atoms. The maximum Gasteiger partial charge on any atom is 0.251 e. The summed E-state index contributed by atoms with van der Waals surface area (Å²) in [6.07, 6.45) is 0.935. The van der Waals surface area contributed by atoms with Crippen molar-refractivity contribution >= 4 is 11.6 Å². The van der Waals surface area contributed by atoms with Gasteiger partial charge >= 0.3 is 0 Å². The van der Waals surface area contributed by atoms with Crippen LogP contribution in [-0.4, -0.2) is 44.6 Å². The lowest BCUT2D eigenvalue weighted by molar-refractivity contribution is 0.0956. The second-order valence-corrected chi connectivity index (χ2v) is 4.62. The Bertz CT molecular complexity index is 419. The molecule has 0 aliphatic carbocycles. The summed E-state index contributed by atoms with van der Waals surface area (Å²) in [5.41, 5.74) is 6.93. The molecule has 0 fully saturated rings. The van der Waals surface area contributed by atoms with Gasteiger partial charge in [-0.1, -0.05) is 0 Å². The second-order valence-electron chi connectivity index (χ2n) is 4.62. The summed E-state index contributed by atoms with van der Waals surface area (Å²) >= 11 is 0. The summed E-state index contributed by atoms with van der Waals surface area (Å²) in [4.78, 5) is 13.7. The molecule has 0 saturated carbocycles. The van der Waals surface area contributed by atoms with Gasteiger partial charge < -0.3 is 20.7 Å². The number of anilines is 1. The number of amides is 1. The SMILES string of the molecule is CCNC(=O)c1ccc(OCCCN(C)C)c(N)c1. The third-order valence-electron chi connectivity index (χ3n) is 2.62. The highest BCUT2D eigenvalue weighted by Gasteiger charge is 2.07. The van der Waals surface area contributed by atoms with E-state index in [9.17, 15) is 4.79 Å². The second kappa shape index (κ2) is 7.63. The fourth-order valence-corrected chi connectivity index (χ4v) is 1.65. The van der Waals surface area contributed by atoms with Crippen LogP contribution in [0.1, 0.15) is 23.7 Å². The molecule has 0 aliphatic heterocycles. The van der Waals surface area contributed by atoms with E-state index in [-0.39, 0.29) is 5.91 Å². The van der Waals surface area contributed by atoms with Crippen molar-refractivity contribution in [1.82, 2.24) is 10.2 Å². The molecule has 0 atom stereocenters. The van der Waals surface area contributed by atoms with Crippen LogP contribution in [0, 0.1) is 0 Å². The van der Waals surface area contributed by atoms with Gasteiger partial charge in [0.25, 0.3) is 5.91 Å². The van der Waals surface area contributed by atoms with Crippen LogP contribution >= 0.6 is 0 Å². The van der Waals surface area contributed by atoms with Crippen LogP contribution in [0.5, 0.6) is 5.75 Å². The highest BCUT2D eigenvalue weighted by atomic mass is 16.5. The quantitative estimate of drug-likeness (QED) is 0.577. The first kappa shape index (κ1) is 15.3. The lowest BCUT2D eigenvalue weighted by atomic mass is 10.1. The number of ether oxygens (including phenoxy) is 1. The van der Waals surface area contributed by atoms with E-state index in [1.807, 2.05) is 21.0 Å². The molecule has 3 N–H and O–H groups in total. The Hall–Kier alpha value is -1.75. The van der Waals surface area contributed by atoms with Crippen LogP contribution in [0.2, 0.25) is 0 Å². The average Bonchev–Trinajstić information content (AvgIpc) is 2.36. The standard InChI is InChI=1S/C14H23N3O2/c1-4-16-14(18)11-6-7-13(12(15)10-11)19-9-5-8-17(2)3/h6-7,10H,4-5,8-9,15H2,1-3H3,(H,16,18). The van der Waals surface area contributed by atoms with E-state index >= 15 is 0 Å². The minimum Gasteiger partial charge on any atom is -0.491 e. The van der Waals surface area contributed by atoms with E-state index in [1.165, 1.54) is 0 Å². The van der Waals surface area contributed by atoms with Gasteiger partial charge in [0.1, 0.15) is 5.75 Å². The molecule has 5 nitrogen and oxygen atoms in total. The maximum absolute atomic E-state index is 11.6. The summed E-state index contributed by atoms with van der Waals surface area (Å²) in [7, 11) is 4.05. The molecule has 0 aromatic heterocycles. The molecule has 1 aromatic carbocycles. The zero-order valence-corrected chi connectivity index (χ0v) is 11.9. The maximum atomic E-state index is 11.6. The Morgan fingerprint density at radius 3 is 2.74 bits per heavy atom. The number of nitrogens with one attached hydrogen (secondary N) is 1. The van der Waals surface area contributed by atoms with Crippen LogP contribution < -0.4 is 15.8 Å². The molecule has 106 valence electrons. The third kappa shape index (κ3) is 5.18. The first-order valence-electron chi connectivity index (χ1n) is 6.49. The van der Waals surface area contributed by atoms with Gasteiger partial charge in [-0.2, -0.15) is 0 Å². The number of carbonyl (C=O) groups excluding carboxylic acids is 1.